The van der Waals surface area contributed by atoms with Crippen molar-refractivity contribution in [3.05, 3.63) is 42.0 Å². The molecule has 3 heterocycles. The number of anilines is 1. The number of nitrogens with zero attached hydrogens (tertiary/aromatic N) is 6. The van der Waals surface area contributed by atoms with Gasteiger partial charge in [0.15, 0.2) is 11.0 Å². The molecule has 1 saturated heterocycles. The Morgan fingerprint density at radius 2 is 1.79 bits per heavy atom. The molecule has 28 heavy (non-hydrogen) atoms. The Balaban J connectivity index is 1.65. The highest BCUT2D eigenvalue weighted by molar-refractivity contribution is 7.99. The van der Waals surface area contributed by atoms with Crippen molar-refractivity contribution in [2.75, 3.05) is 31.2 Å². The number of thioether (sulfide) groups is 1. The number of hydrogen-bond donors (Lipinski definition) is 0. The highest BCUT2D eigenvalue weighted by atomic mass is 32.2. The smallest absolute Gasteiger partial charge is 0.239 e. The Bertz CT molecular complexity index is 904. The molecule has 1 atom stereocenters. The summed E-state index contributed by atoms with van der Waals surface area (Å²) < 4.78 is 13.0. The predicted molar refractivity (Wildman–Crippen MR) is 107 cm³/mol. The van der Waals surface area contributed by atoms with Crippen LogP contribution >= 0.6 is 11.8 Å². The highest BCUT2D eigenvalue weighted by Crippen LogP contribution is 2.36. The van der Waals surface area contributed by atoms with Gasteiger partial charge in [0.25, 0.3) is 0 Å². The summed E-state index contributed by atoms with van der Waals surface area (Å²) in [5.74, 6) is 2.39. The second kappa shape index (κ2) is 8.32. The molecule has 0 unspecified atom stereocenters. The second-order valence-electron chi connectivity index (χ2n) is 6.96. The number of aromatic nitrogens is 5. The van der Waals surface area contributed by atoms with Gasteiger partial charge >= 0.3 is 0 Å². The molecule has 1 aromatic carbocycles. The molecule has 2 aromatic heterocycles. The molecule has 8 nitrogen and oxygen atoms in total. The molecule has 1 fully saturated rings. The van der Waals surface area contributed by atoms with Gasteiger partial charge in [0.2, 0.25) is 11.8 Å². The summed E-state index contributed by atoms with van der Waals surface area (Å²) in [5, 5.41) is 13.8. The summed E-state index contributed by atoms with van der Waals surface area (Å²) in [4.78, 5) is 6.73. The summed E-state index contributed by atoms with van der Waals surface area (Å²) in [5.41, 5.74) is 1.03. The van der Waals surface area contributed by atoms with Crippen molar-refractivity contribution in [3.63, 3.8) is 0 Å². The molecule has 0 spiro atoms. The fourth-order valence-corrected chi connectivity index (χ4v) is 3.86. The van der Waals surface area contributed by atoms with Crippen molar-refractivity contribution in [2.45, 2.75) is 37.1 Å². The van der Waals surface area contributed by atoms with E-state index in [-0.39, 0.29) is 11.2 Å². The maximum atomic E-state index is 5.49. The third-order valence-electron chi connectivity index (χ3n) is 4.53. The molecule has 1 aliphatic heterocycles. The van der Waals surface area contributed by atoms with E-state index in [1.165, 1.54) is 0 Å². The van der Waals surface area contributed by atoms with E-state index < -0.39 is 0 Å². The molecule has 0 bridgehead atoms. The number of hydrogen-bond acceptors (Lipinski definition) is 8. The number of para-hydroxylation sites is 1. The average Bonchev–Trinajstić information content (AvgIpc) is 3.37. The van der Waals surface area contributed by atoms with Crippen LogP contribution in [-0.4, -0.2) is 51.2 Å². The summed E-state index contributed by atoms with van der Waals surface area (Å²) >= 11 is 1.56. The minimum Gasteiger partial charge on any atom is -0.378 e. The van der Waals surface area contributed by atoms with Crippen molar-refractivity contribution >= 4 is 17.7 Å². The Kier molecular flexibility index (Phi) is 5.63. The van der Waals surface area contributed by atoms with Crippen LogP contribution in [0, 0.1) is 0 Å². The minimum absolute atomic E-state index is 0.0378. The quantitative estimate of drug-likeness (QED) is 0.582. The van der Waals surface area contributed by atoms with Gasteiger partial charge in [-0.1, -0.05) is 49.0 Å². The Morgan fingerprint density at radius 1 is 1.04 bits per heavy atom. The fraction of sp³-hybridized carbons (Fsp3) is 0.474. The SMILES string of the molecule is CC(C)c1noc([C@@H](C)Sc2nnc(N3CCOCC3)n2-c2ccccc2)n1. The van der Waals surface area contributed by atoms with Gasteiger partial charge in [-0.15, -0.1) is 10.2 Å². The summed E-state index contributed by atoms with van der Waals surface area (Å²) in [7, 11) is 0. The molecule has 1 aliphatic rings. The molecule has 3 aromatic rings. The Labute approximate surface area is 168 Å². The molecular formula is C19H24N6O2S. The van der Waals surface area contributed by atoms with Crippen LogP contribution in [0.4, 0.5) is 5.95 Å². The van der Waals surface area contributed by atoms with E-state index in [0.717, 1.165) is 35.7 Å². The molecule has 0 aliphatic carbocycles. The van der Waals surface area contributed by atoms with Crippen LogP contribution in [0.1, 0.15) is 43.7 Å². The molecule has 0 N–H and O–H groups in total. The van der Waals surface area contributed by atoms with Crippen LogP contribution in [0.5, 0.6) is 0 Å². The average molecular weight is 401 g/mol. The van der Waals surface area contributed by atoms with Crippen LogP contribution in [0.2, 0.25) is 0 Å². The van der Waals surface area contributed by atoms with Crippen molar-refractivity contribution in [1.82, 2.24) is 24.9 Å². The fourth-order valence-electron chi connectivity index (χ4n) is 2.97. The third-order valence-corrected chi connectivity index (χ3v) is 5.56. The van der Waals surface area contributed by atoms with E-state index in [0.29, 0.717) is 19.1 Å². The van der Waals surface area contributed by atoms with Gasteiger partial charge in [-0.05, 0) is 19.1 Å². The van der Waals surface area contributed by atoms with Crippen LogP contribution in [0.25, 0.3) is 5.69 Å². The van der Waals surface area contributed by atoms with Gasteiger partial charge in [-0.25, -0.2) is 0 Å². The lowest BCUT2D eigenvalue weighted by molar-refractivity contribution is 0.122. The standard InChI is InChI=1S/C19H24N6O2S/c1-13(2)16-20-17(27-23-16)14(3)28-19-22-21-18(24-9-11-26-12-10-24)25(19)15-7-5-4-6-8-15/h4-8,13-14H,9-12H2,1-3H3/t14-/m1/s1. The Morgan fingerprint density at radius 3 is 2.46 bits per heavy atom. The van der Waals surface area contributed by atoms with Crippen molar-refractivity contribution < 1.29 is 9.26 Å². The normalized spacial score (nSPS) is 15.9. The largest absolute Gasteiger partial charge is 0.378 e. The first kappa shape index (κ1) is 18.9. The van der Waals surface area contributed by atoms with Crippen LogP contribution < -0.4 is 4.90 Å². The first-order chi connectivity index (χ1) is 13.6. The number of morpholine rings is 1. The zero-order valence-electron chi connectivity index (χ0n) is 16.3. The highest BCUT2D eigenvalue weighted by Gasteiger charge is 2.25. The molecule has 0 radical (unpaired) electrons. The van der Waals surface area contributed by atoms with Gasteiger partial charge in [0, 0.05) is 19.0 Å². The van der Waals surface area contributed by atoms with Crippen molar-refractivity contribution in [3.8, 4) is 5.69 Å². The molecule has 9 heteroatoms. The summed E-state index contributed by atoms with van der Waals surface area (Å²) in [6.45, 7) is 9.13. The Hall–Kier alpha value is -2.39. The van der Waals surface area contributed by atoms with Crippen molar-refractivity contribution in [2.24, 2.45) is 0 Å². The van der Waals surface area contributed by atoms with E-state index in [1.807, 2.05) is 39.0 Å². The van der Waals surface area contributed by atoms with E-state index in [4.69, 9.17) is 9.26 Å². The molecule has 0 saturated carbocycles. The maximum absolute atomic E-state index is 5.49. The summed E-state index contributed by atoms with van der Waals surface area (Å²) in [6, 6.07) is 10.2. The van der Waals surface area contributed by atoms with Crippen LogP contribution in [-0.2, 0) is 4.74 Å². The number of rotatable bonds is 6. The zero-order chi connectivity index (χ0) is 19.5. The lowest BCUT2D eigenvalue weighted by Gasteiger charge is -2.28. The summed E-state index contributed by atoms with van der Waals surface area (Å²) in [6.07, 6.45) is 0. The van der Waals surface area contributed by atoms with E-state index in [1.54, 1.807) is 11.8 Å². The topological polar surface area (TPSA) is 82.1 Å². The monoisotopic (exact) mass is 400 g/mol. The minimum atomic E-state index is -0.0378. The second-order valence-corrected chi connectivity index (χ2v) is 8.27. The van der Waals surface area contributed by atoms with E-state index in [9.17, 15) is 0 Å². The lowest BCUT2D eigenvalue weighted by atomic mass is 10.2. The molecule has 148 valence electrons. The van der Waals surface area contributed by atoms with Crippen molar-refractivity contribution in [1.29, 1.82) is 0 Å². The van der Waals surface area contributed by atoms with Gasteiger partial charge in [-0.3, -0.25) is 4.57 Å². The van der Waals surface area contributed by atoms with E-state index >= 15 is 0 Å². The number of benzene rings is 1. The zero-order valence-corrected chi connectivity index (χ0v) is 17.1. The lowest BCUT2D eigenvalue weighted by Crippen LogP contribution is -2.37. The third kappa shape index (κ3) is 3.90. The first-order valence-corrected chi connectivity index (χ1v) is 10.3. The predicted octanol–water partition coefficient (Wildman–Crippen LogP) is 3.46. The van der Waals surface area contributed by atoms with E-state index in [2.05, 4.69) is 41.9 Å². The first-order valence-electron chi connectivity index (χ1n) is 9.47. The van der Waals surface area contributed by atoms with Gasteiger partial charge < -0.3 is 14.2 Å². The molecule has 0 amide bonds. The molecule has 4 rings (SSSR count). The number of ether oxygens (including phenoxy) is 1. The molecular weight excluding hydrogens is 376 g/mol. The van der Waals surface area contributed by atoms with Crippen LogP contribution in [0.15, 0.2) is 40.0 Å². The van der Waals surface area contributed by atoms with Crippen LogP contribution in [0.3, 0.4) is 0 Å². The van der Waals surface area contributed by atoms with Gasteiger partial charge in [0.05, 0.1) is 24.2 Å². The maximum Gasteiger partial charge on any atom is 0.239 e. The van der Waals surface area contributed by atoms with Gasteiger partial charge in [0.1, 0.15) is 0 Å². The van der Waals surface area contributed by atoms with Gasteiger partial charge in [-0.2, -0.15) is 4.98 Å².